The molecule has 0 bridgehead atoms. The molecule has 1 heterocycles. The van der Waals surface area contributed by atoms with Crippen molar-refractivity contribution in [1.29, 1.82) is 0 Å². The zero-order valence-corrected chi connectivity index (χ0v) is 12.8. The maximum absolute atomic E-state index is 12.4. The smallest absolute Gasteiger partial charge is 0.345 e. The Morgan fingerprint density at radius 3 is 2.91 bits per heavy atom. The van der Waals surface area contributed by atoms with E-state index in [4.69, 9.17) is 4.74 Å². The molecule has 0 amide bonds. The molecule has 5 nitrogen and oxygen atoms in total. The van der Waals surface area contributed by atoms with Crippen LogP contribution in [-0.4, -0.2) is 21.5 Å². The number of aryl methyl sites for hydroxylation is 2. The predicted octanol–water partition coefficient (Wildman–Crippen LogP) is 2.95. The summed E-state index contributed by atoms with van der Waals surface area (Å²) in [6.45, 7) is 4.36. The van der Waals surface area contributed by atoms with Gasteiger partial charge in [-0.2, -0.15) is 5.10 Å². The van der Waals surface area contributed by atoms with E-state index in [2.05, 4.69) is 5.10 Å². The molecule has 1 aliphatic carbocycles. The van der Waals surface area contributed by atoms with Crippen LogP contribution in [0.25, 0.3) is 0 Å². The average Bonchev–Trinajstić information content (AvgIpc) is 2.94. The first-order chi connectivity index (χ1) is 10.6. The number of aromatic nitrogens is 2. The molecule has 1 aromatic heterocycles. The topological polar surface area (TPSA) is 61.2 Å². The zero-order chi connectivity index (χ0) is 15.7. The second-order valence-electron chi connectivity index (χ2n) is 5.42. The third-order valence-corrected chi connectivity index (χ3v) is 4.07. The number of ether oxygens (including phenoxy) is 1. The Balaban J connectivity index is 1.93. The van der Waals surface area contributed by atoms with E-state index in [0.29, 0.717) is 30.0 Å². The van der Waals surface area contributed by atoms with Crippen molar-refractivity contribution < 1.29 is 14.3 Å². The summed E-state index contributed by atoms with van der Waals surface area (Å²) in [5.74, 6) is 0.0804. The van der Waals surface area contributed by atoms with E-state index >= 15 is 0 Å². The van der Waals surface area contributed by atoms with Crippen molar-refractivity contribution in [2.75, 3.05) is 0 Å². The van der Waals surface area contributed by atoms with Crippen molar-refractivity contribution in [3.05, 3.63) is 46.6 Å². The molecule has 2 aromatic rings. The Morgan fingerprint density at radius 2 is 2.14 bits per heavy atom. The van der Waals surface area contributed by atoms with E-state index < -0.39 is 5.97 Å². The first-order valence-corrected chi connectivity index (χ1v) is 7.51. The van der Waals surface area contributed by atoms with E-state index in [1.807, 2.05) is 19.9 Å². The molecule has 0 N–H and O–H groups in total. The van der Waals surface area contributed by atoms with Crippen molar-refractivity contribution in [3.63, 3.8) is 0 Å². The standard InChI is InChI=1S/C17H18N2O3/c1-3-19-15(9-10-18-19)22-17(21)13-8-7-12-5-4-6-14(20)16(12)11(13)2/h7-10H,3-6H2,1-2H3. The monoisotopic (exact) mass is 298 g/mol. The van der Waals surface area contributed by atoms with Gasteiger partial charge in [-0.1, -0.05) is 6.07 Å². The Labute approximate surface area is 128 Å². The second-order valence-corrected chi connectivity index (χ2v) is 5.42. The van der Waals surface area contributed by atoms with Crippen LogP contribution < -0.4 is 4.74 Å². The van der Waals surface area contributed by atoms with Gasteiger partial charge in [0.15, 0.2) is 5.78 Å². The second kappa shape index (κ2) is 5.75. The number of Topliss-reactive ketones (excluding diaryl/α,β-unsaturated/α-hetero) is 1. The van der Waals surface area contributed by atoms with Gasteiger partial charge in [-0.05, 0) is 43.9 Å². The fourth-order valence-electron chi connectivity index (χ4n) is 2.94. The maximum Gasteiger partial charge on any atom is 0.345 e. The Kier molecular flexibility index (Phi) is 3.79. The summed E-state index contributed by atoms with van der Waals surface area (Å²) < 4.78 is 7.03. The van der Waals surface area contributed by atoms with Crippen LogP contribution in [0.5, 0.6) is 5.88 Å². The van der Waals surface area contributed by atoms with Gasteiger partial charge in [0.1, 0.15) is 0 Å². The Hall–Kier alpha value is -2.43. The summed E-state index contributed by atoms with van der Waals surface area (Å²) >= 11 is 0. The summed E-state index contributed by atoms with van der Waals surface area (Å²) in [6, 6.07) is 5.27. The molecule has 1 aliphatic rings. The molecular weight excluding hydrogens is 280 g/mol. The van der Waals surface area contributed by atoms with Crippen molar-refractivity contribution in [2.24, 2.45) is 0 Å². The van der Waals surface area contributed by atoms with Gasteiger partial charge < -0.3 is 4.74 Å². The van der Waals surface area contributed by atoms with Crippen LogP contribution in [0.4, 0.5) is 0 Å². The number of rotatable bonds is 3. The lowest BCUT2D eigenvalue weighted by Crippen LogP contribution is -2.18. The molecule has 0 atom stereocenters. The highest BCUT2D eigenvalue weighted by Gasteiger charge is 2.24. The van der Waals surface area contributed by atoms with E-state index in [-0.39, 0.29) is 5.78 Å². The molecule has 0 fully saturated rings. The summed E-state index contributed by atoms with van der Waals surface area (Å²) in [7, 11) is 0. The average molecular weight is 298 g/mol. The minimum Gasteiger partial charge on any atom is -0.404 e. The molecule has 0 saturated heterocycles. The first-order valence-electron chi connectivity index (χ1n) is 7.51. The number of fused-ring (bicyclic) bond motifs is 1. The number of hydrogen-bond donors (Lipinski definition) is 0. The van der Waals surface area contributed by atoms with Gasteiger partial charge in [0, 0.05) is 24.6 Å². The van der Waals surface area contributed by atoms with Gasteiger partial charge in [0.25, 0.3) is 0 Å². The van der Waals surface area contributed by atoms with Gasteiger partial charge in [-0.15, -0.1) is 0 Å². The minimum atomic E-state index is -0.450. The van der Waals surface area contributed by atoms with Crippen molar-refractivity contribution in [1.82, 2.24) is 9.78 Å². The molecule has 0 unspecified atom stereocenters. The SMILES string of the molecule is CCn1nccc1OC(=O)c1ccc2c(c1C)C(=O)CCC2. The quantitative estimate of drug-likeness (QED) is 0.817. The number of esters is 1. The van der Waals surface area contributed by atoms with Crippen LogP contribution in [0.15, 0.2) is 24.4 Å². The number of hydrogen-bond acceptors (Lipinski definition) is 4. The molecule has 114 valence electrons. The summed E-state index contributed by atoms with van der Waals surface area (Å²) in [5.41, 5.74) is 2.89. The third-order valence-electron chi connectivity index (χ3n) is 4.07. The number of nitrogens with zero attached hydrogens (tertiary/aromatic N) is 2. The van der Waals surface area contributed by atoms with Gasteiger partial charge >= 0.3 is 5.97 Å². The number of carbonyl (C=O) groups excluding carboxylic acids is 2. The van der Waals surface area contributed by atoms with Crippen molar-refractivity contribution in [3.8, 4) is 5.88 Å². The summed E-state index contributed by atoms with van der Waals surface area (Å²) in [5, 5.41) is 4.07. The lowest BCUT2D eigenvalue weighted by Gasteiger charge is -2.18. The van der Waals surface area contributed by atoms with E-state index in [1.165, 1.54) is 0 Å². The fourth-order valence-corrected chi connectivity index (χ4v) is 2.94. The molecule has 22 heavy (non-hydrogen) atoms. The van der Waals surface area contributed by atoms with Crippen LogP contribution in [0.2, 0.25) is 0 Å². The first kappa shape index (κ1) is 14.5. The van der Waals surface area contributed by atoms with E-state index in [9.17, 15) is 9.59 Å². The van der Waals surface area contributed by atoms with Crippen molar-refractivity contribution >= 4 is 11.8 Å². The van der Waals surface area contributed by atoms with Crippen LogP contribution in [0, 0.1) is 6.92 Å². The molecule has 0 saturated carbocycles. The van der Waals surface area contributed by atoms with E-state index in [0.717, 1.165) is 24.0 Å². The van der Waals surface area contributed by atoms with E-state index in [1.54, 1.807) is 23.0 Å². The molecule has 0 spiro atoms. The molecule has 1 aromatic carbocycles. The highest BCUT2D eigenvalue weighted by atomic mass is 16.5. The molecule has 5 heteroatoms. The predicted molar refractivity (Wildman–Crippen MR) is 81.3 cm³/mol. The fraction of sp³-hybridized carbons (Fsp3) is 0.353. The lowest BCUT2D eigenvalue weighted by atomic mass is 9.85. The third kappa shape index (κ3) is 2.43. The van der Waals surface area contributed by atoms with Gasteiger partial charge in [0.05, 0.1) is 11.8 Å². The Bertz CT molecular complexity index is 746. The highest BCUT2D eigenvalue weighted by Crippen LogP contribution is 2.27. The maximum atomic E-state index is 12.4. The summed E-state index contributed by atoms with van der Waals surface area (Å²) in [4.78, 5) is 24.6. The van der Waals surface area contributed by atoms with Crippen molar-refractivity contribution in [2.45, 2.75) is 39.7 Å². The zero-order valence-electron chi connectivity index (χ0n) is 12.8. The van der Waals surface area contributed by atoms with Gasteiger partial charge in [-0.25, -0.2) is 9.48 Å². The number of ketones is 1. The van der Waals surface area contributed by atoms with Crippen LogP contribution in [0.1, 0.15) is 51.6 Å². The molecular formula is C17H18N2O3. The Morgan fingerprint density at radius 1 is 1.32 bits per heavy atom. The lowest BCUT2D eigenvalue weighted by molar-refractivity contribution is 0.0718. The van der Waals surface area contributed by atoms with Gasteiger partial charge in [0.2, 0.25) is 5.88 Å². The highest BCUT2D eigenvalue weighted by molar-refractivity contribution is 6.03. The molecule has 0 aliphatic heterocycles. The normalized spacial score (nSPS) is 13.8. The number of benzene rings is 1. The number of carbonyl (C=O) groups is 2. The minimum absolute atomic E-state index is 0.118. The molecule has 3 rings (SSSR count). The largest absolute Gasteiger partial charge is 0.404 e. The van der Waals surface area contributed by atoms with Crippen LogP contribution in [-0.2, 0) is 13.0 Å². The van der Waals surface area contributed by atoms with Crippen LogP contribution in [0.3, 0.4) is 0 Å². The van der Waals surface area contributed by atoms with Gasteiger partial charge in [-0.3, -0.25) is 4.79 Å². The van der Waals surface area contributed by atoms with Crippen LogP contribution >= 0.6 is 0 Å². The molecule has 0 radical (unpaired) electrons. The summed E-state index contributed by atoms with van der Waals surface area (Å²) in [6.07, 6.45) is 3.91.